The van der Waals surface area contributed by atoms with E-state index in [2.05, 4.69) is 5.16 Å². The van der Waals surface area contributed by atoms with Crippen molar-refractivity contribution in [3.63, 3.8) is 0 Å². The van der Waals surface area contributed by atoms with E-state index in [1.165, 1.54) is 0 Å². The quantitative estimate of drug-likeness (QED) is 0.739. The van der Waals surface area contributed by atoms with Gasteiger partial charge in [0.25, 0.3) is 0 Å². The fourth-order valence-electron chi connectivity index (χ4n) is 2.60. The molecule has 0 amide bonds. The zero-order valence-electron chi connectivity index (χ0n) is 14.3. The minimum absolute atomic E-state index is 0.209. The Morgan fingerprint density at radius 3 is 1.96 bits per heavy atom. The Balaban J connectivity index is 2.08. The molecule has 0 saturated carbocycles. The van der Waals surface area contributed by atoms with E-state index in [1.807, 2.05) is 24.3 Å². The molecule has 6 nitrogen and oxygen atoms in total. The first kappa shape index (κ1) is 16.9. The van der Waals surface area contributed by atoms with Gasteiger partial charge in [0.1, 0.15) is 22.9 Å². The fourth-order valence-corrected chi connectivity index (χ4v) is 2.60. The molecule has 130 valence electrons. The van der Waals surface area contributed by atoms with Gasteiger partial charge in [-0.2, -0.15) is 0 Å². The van der Waals surface area contributed by atoms with E-state index in [-0.39, 0.29) is 6.61 Å². The maximum Gasteiger partial charge on any atom is 0.173 e. The molecule has 0 radical (unpaired) electrons. The van der Waals surface area contributed by atoms with E-state index < -0.39 is 0 Å². The zero-order valence-corrected chi connectivity index (χ0v) is 14.3. The molecule has 1 aromatic heterocycles. The van der Waals surface area contributed by atoms with Gasteiger partial charge in [-0.15, -0.1) is 0 Å². The van der Waals surface area contributed by atoms with Crippen molar-refractivity contribution in [1.29, 1.82) is 0 Å². The molecule has 0 bridgehead atoms. The number of rotatable bonds is 6. The summed E-state index contributed by atoms with van der Waals surface area (Å²) in [7, 11) is 4.77. The largest absolute Gasteiger partial charge is 0.497 e. The van der Waals surface area contributed by atoms with Gasteiger partial charge < -0.3 is 23.8 Å². The third-order valence-corrected chi connectivity index (χ3v) is 3.92. The molecule has 1 heterocycles. The number of aliphatic hydroxyl groups is 1. The lowest BCUT2D eigenvalue weighted by Gasteiger charge is -2.07. The molecule has 3 aromatic rings. The van der Waals surface area contributed by atoms with Crippen LogP contribution in [0.2, 0.25) is 0 Å². The van der Waals surface area contributed by atoms with Gasteiger partial charge in [-0.1, -0.05) is 5.16 Å². The van der Waals surface area contributed by atoms with Crippen molar-refractivity contribution >= 4 is 0 Å². The van der Waals surface area contributed by atoms with Crippen molar-refractivity contribution in [2.75, 3.05) is 21.3 Å². The lowest BCUT2D eigenvalue weighted by atomic mass is 10.0. The smallest absolute Gasteiger partial charge is 0.173 e. The van der Waals surface area contributed by atoms with Crippen LogP contribution in [0.15, 0.2) is 47.0 Å². The highest BCUT2D eigenvalue weighted by molar-refractivity contribution is 5.74. The van der Waals surface area contributed by atoms with Gasteiger partial charge >= 0.3 is 0 Å². The molecule has 6 heteroatoms. The summed E-state index contributed by atoms with van der Waals surface area (Å²) in [6, 6.07) is 12.8. The summed E-state index contributed by atoms with van der Waals surface area (Å²) in [5, 5.41) is 14.0. The summed E-state index contributed by atoms with van der Waals surface area (Å²) in [6.07, 6.45) is 0. The number of hydrogen-bond donors (Lipinski definition) is 1. The summed E-state index contributed by atoms with van der Waals surface area (Å²) in [5.74, 6) is 2.47. The first-order valence-corrected chi connectivity index (χ1v) is 7.67. The molecule has 3 rings (SSSR count). The minimum atomic E-state index is -0.209. The average molecular weight is 341 g/mol. The summed E-state index contributed by atoms with van der Waals surface area (Å²) in [5.41, 5.74) is 2.73. The molecular weight excluding hydrogens is 322 g/mol. The SMILES string of the molecule is COc1ccc(-c2noc(-c3cc(OC)cc(OC)c3)c2CO)cc1. The third-order valence-electron chi connectivity index (χ3n) is 3.92. The molecule has 2 aromatic carbocycles. The van der Waals surface area contributed by atoms with Crippen LogP contribution in [0.1, 0.15) is 5.56 Å². The maximum atomic E-state index is 9.88. The molecule has 0 aliphatic heterocycles. The normalized spacial score (nSPS) is 10.6. The van der Waals surface area contributed by atoms with Crippen molar-refractivity contribution in [3.8, 4) is 39.8 Å². The standard InChI is InChI=1S/C19H19NO5/c1-22-14-6-4-12(5-7-14)18-17(11-21)19(25-20-18)13-8-15(23-2)10-16(9-13)24-3/h4-10,21H,11H2,1-3H3. The van der Waals surface area contributed by atoms with Crippen LogP contribution in [0, 0.1) is 0 Å². The number of aromatic nitrogens is 1. The summed E-state index contributed by atoms with van der Waals surface area (Å²) in [4.78, 5) is 0. The number of methoxy groups -OCH3 is 3. The van der Waals surface area contributed by atoms with Gasteiger partial charge in [0, 0.05) is 17.2 Å². The third kappa shape index (κ3) is 3.29. The second kappa shape index (κ2) is 7.27. The van der Waals surface area contributed by atoms with Gasteiger partial charge in [0.2, 0.25) is 0 Å². The van der Waals surface area contributed by atoms with E-state index in [4.69, 9.17) is 18.7 Å². The van der Waals surface area contributed by atoms with Crippen LogP contribution in [0.5, 0.6) is 17.2 Å². The van der Waals surface area contributed by atoms with Crippen LogP contribution in [0.4, 0.5) is 0 Å². The van der Waals surface area contributed by atoms with Crippen LogP contribution in [-0.2, 0) is 6.61 Å². The molecule has 25 heavy (non-hydrogen) atoms. The molecule has 0 fully saturated rings. The predicted molar refractivity (Wildman–Crippen MR) is 93.0 cm³/mol. The van der Waals surface area contributed by atoms with Crippen molar-refractivity contribution in [2.45, 2.75) is 6.61 Å². The molecule has 0 atom stereocenters. The molecule has 0 saturated heterocycles. The van der Waals surface area contributed by atoms with Gasteiger partial charge in [-0.25, -0.2) is 0 Å². The van der Waals surface area contributed by atoms with Crippen molar-refractivity contribution in [3.05, 3.63) is 48.0 Å². The molecule has 1 N–H and O–H groups in total. The number of nitrogens with zero attached hydrogens (tertiary/aromatic N) is 1. The highest BCUT2D eigenvalue weighted by Crippen LogP contribution is 2.36. The highest BCUT2D eigenvalue weighted by Gasteiger charge is 2.19. The van der Waals surface area contributed by atoms with E-state index in [9.17, 15) is 5.11 Å². The van der Waals surface area contributed by atoms with E-state index >= 15 is 0 Å². The van der Waals surface area contributed by atoms with Crippen molar-refractivity contribution < 1.29 is 23.8 Å². The number of aliphatic hydroxyl groups excluding tert-OH is 1. The Kier molecular flexibility index (Phi) is 4.90. The van der Waals surface area contributed by atoms with E-state index in [0.29, 0.717) is 34.1 Å². The Labute approximate surface area is 145 Å². The van der Waals surface area contributed by atoms with Crippen LogP contribution >= 0.6 is 0 Å². The maximum absolute atomic E-state index is 9.88. The first-order chi connectivity index (χ1) is 12.2. The van der Waals surface area contributed by atoms with Gasteiger partial charge in [-0.3, -0.25) is 0 Å². The lowest BCUT2D eigenvalue weighted by molar-refractivity contribution is 0.281. The summed E-state index contributed by atoms with van der Waals surface area (Å²) in [6.45, 7) is -0.209. The molecule has 0 unspecified atom stereocenters. The monoisotopic (exact) mass is 341 g/mol. The second-order valence-corrected chi connectivity index (χ2v) is 5.33. The summed E-state index contributed by atoms with van der Waals surface area (Å²) >= 11 is 0. The average Bonchev–Trinajstić information content (AvgIpc) is 3.11. The Morgan fingerprint density at radius 1 is 0.840 bits per heavy atom. The van der Waals surface area contributed by atoms with Gasteiger partial charge in [0.05, 0.1) is 33.5 Å². The van der Waals surface area contributed by atoms with Crippen LogP contribution in [0.25, 0.3) is 22.6 Å². The number of benzene rings is 2. The van der Waals surface area contributed by atoms with Gasteiger partial charge in [-0.05, 0) is 36.4 Å². The van der Waals surface area contributed by atoms with Gasteiger partial charge in [0.15, 0.2) is 5.76 Å². The van der Waals surface area contributed by atoms with Crippen molar-refractivity contribution in [1.82, 2.24) is 5.16 Å². The van der Waals surface area contributed by atoms with Crippen LogP contribution in [0.3, 0.4) is 0 Å². The zero-order chi connectivity index (χ0) is 17.8. The Bertz CT molecular complexity index is 833. The number of ether oxygens (including phenoxy) is 3. The molecule has 0 aliphatic rings. The molecule has 0 aliphatic carbocycles. The lowest BCUT2D eigenvalue weighted by Crippen LogP contribution is -1.92. The Morgan fingerprint density at radius 2 is 1.44 bits per heavy atom. The second-order valence-electron chi connectivity index (χ2n) is 5.33. The minimum Gasteiger partial charge on any atom is -0.497 e. The predicted octanol–water partition coefficient (Wildman–Crippen LogP) is 3.53. The highest BCUT2D eigenvalue weighted by atomic mass is 16.5. The Hall–Kier alpha value is -2.99. The van der Waals surface area contributed by atoms with Crippen LogP contribution in [-0.4, -0.2) is 31.6 Å². The first-order valence-electron chi connectivity index (χ1n) is 7.67. The van der Waals surface area contributed by atoms with E-state index in [1.54, 1.807) is 39.5 Å². The fraction of sp³-hybridized carbons (Fsp3) is 0.211. The summed E-state index contributed by atoms with van der Waals surface area (Å²) < 4.78 is 21.3. The molecule has 0 spiro atoms. The number of hydrogen-bond acceptors (Lipinski definition) is 6. The van der Waals surface area contributed by atoms with Crippen LogP contribution < -0.4 is 14.2 Å². The topological polar surface area (TPSA) is 74.0 Å². The molecular formula is C19H19NO5. The van der Waals surface area contributed by atoms with Crippen molar-refractivity contribution in [2.24, 2.45) is 0 Å². The van der Waals surface area contributed by atoms with E-state index in [0.717, 1.165) is 11.3 Å².